The van der Waals surface area contributed by atoms with Gasteiger partial charge in [0.15, 0.2) is 18.1 Å². The maximum Gasteiger partial charge on any atom is 0.258 e. The van der Waals surface area contributed by atoms with E-state index in [0.717, 1.165) is 4.88 Å². The van der Waals surface area contributed by atoms with E-state index in [2.05, 4.69) is 5.32 Å². The van der Waals surface area contributed by atoms with Crippen LogP contribution < -0.4 is 14.8 Å². The third kappa shape index (κ3) is 4.28. The number of carbonyl (C=O) groups excluding carboxylic acids is 1. The fraction of sp³-hybridized carbons (Fsp3) is 0.267. The van der Waals surface area contributed by atoms with Crippen LogP contribution in [0.15, 0.2) is 41.8 Å². The van der Waals surface area contributed by atoms with E-state index in [-0.39, 0.29) is 12.5 Å². The van der Waals surface area contributed by atoms with Gasteiger partial charge in [-0.05, 0) is 30.5 Å². The van der Waals surface area contributed by atoms with Gasteiger partial charge >= 0.3 is 0 Å². The van der Waals surface area contributed by atoms with Crippen LogP contribution in [0.4, 0.5) is 0 Å². The van der Waals surface area contributed by atoms with E-state index in [4.69, 9.17) is 9.47 Å². The van der Waals surface area contributed by atoms with E-state index >= 15 is 0 Å². The molecule has 0 aliphatic rings. The maximum atomic E-state index is 11.7. The molecule has 0 bridgehead atoms. The fourth-order valence-electron chi connectivity index (χ4n) is 1.64. The van der Waals surface area contributed by atoms with Gasteiger partial charge in [0.25, 0.3) is 5.91 Å². The van der Waals surface area contributed by atoms with E-state index in [0.29, 0.717) is 24.7 Å². The summed E-state index contributed by atoms with van der Waals surface area (Å²) in [5.41, 5.74) is 0. The molecule has 1 N–H and O–H groups in total. The summed E-state index contributed by atoms with van der Waals surface area (Å²) in [6.07, 6.45) is 0. The molecule has 4 nitrogen and oxygen atoms in total. The molecule has 1 heterocycles. The second-order valence-corrected chi connectivity index (χ2v) is 5.06. The molecule has 0 saturated heterocycles. The molecule has 0 unspecified atom stereocenters. The summed E-state index contributed by atoms with van der Waals surface area (Å²) in [5.74, 6) is 1.09. The fourth-order valence-corrected chi connectivity index (χ4v) is 2.28. The molecular weight excluding hydrogens is 274 g/mol. The number of para-hydroxylation sites is 2. The van der Waals surface area contributed by atoms with Gasteiger partial charge in [-0.25, -0.2) is 0 Å². The molecule has 0 spiro atoms. The van der Waals surface area contributed by atoms with E-state index in [1.807, 2.05) is 42.6 Å². The van der Waals surface area contributed by atoms with E-state index < -0.39 is 0 Å². The van der Waals surface area contributed by atoms with Crippen LogP contribution in [0.3, 0.4) is 0 Å². The molecule has 106 valence electrons. The molecule has 20 heavy (non-hydrogen) atoms. The average molecular weight is 291 g/mol. The number of nitrogens with one attached hydrogen (secondary N) is 1. The lowest BCUT2D eigenvalue weighted by Crippen LogP contribution is -2.28. The monoisotopic (exact) mass is 291 g/mol. The van der Waals surface area contributed by atoms with Gasteiger partial charge in [-0.15, -0.1) is 11.3 Å². The highest BCUT2D eigenvalue weighted by Crippen LogP contribution is 2.26. The SMILES string of the molecule is CCOc1ccccc1OCC(=O)NCc1cccs1. The van der Waals surface area contributed by atoms with E-state index in [1.54, 1.807) is 17.4 Å². The lowest BCUT2D eigenvalue weighted by Gasteiger charge is -2.11. The third-order valence-corrected chi connectivity index (χ3v) is 3.42. The topological polar surface area (TPSA) is 47.6 Å². The lowest BCUT2D eigenvalue weighted by molar-refractivity contribution is -0.123. The van der Waals surface area contributed by atoms with Crippen LogP contribution in [-0.2, 0) is 11.3 Å². The zero-order chi connectivity index (χ0) is 14.2. The van der Waals surface area contributed by atoms with Gasteiger partial charge in [0.2, 0.25) is 0 Å². The molecule has 0 saturated carbocycles. The predicted molar refractivity (Wildman–Crippen MR) is 79.3 cm³/mol. The number of hydrogen-bond donors (Lipinski definition) is 1. The lowest BCUT2D eigenvalue weighted by atomic mass is 10.3. The Morgan fingerprint density at radius 3 is 2.55 bits per heavy atom. The minimum Gasteiger partial charge on any atom is -0.490 e. The maximum absolute atomic E-state index is 11.7. The van der Waals surface area contributed by atoms with Gasteiger partial charge in [0, 0.05) is 4.88 Å². The smallest absolute Gasteiger partial charge is 0.258 e. The highest BCUT2D eigenvalue weighted by atomic mass is 32.1. The van der Waals surface area contributed by atoms with Crippen LogP contribution >= 0.6 is 11.3 Å². The van der Waals surface area contributed by atoms with Crippen molar-refractivity contribution in [3.63, 3.8) is 0 Å². The van der Waals surface area contributed by atoms with Crippen molar-refractivity contribution in [2.45, 2.75) is 13.5 Å². The largest absolute Gasteiger partial charge is 0.490 e. The first-order chi connectivity index (χ1) is 9.79. The first-order valence-electron chi connectivity index (χ1n) is 6.43. The van der Waals surface area contributed by atoms with Gasteiger partial charge in [-0.2, -0.15) is 0 Å². The van der Waals surface area contributed by atoms with Crippen molar-refractivity contribution < 1.29 is 14.3 Å². The highest BCUT2D eigenvalue weighted by Gasteiger charge is 2.07. The number of hydrogen-bond acceptors (Lipinski definition) is 4. The summed E-state index contributed by atoms with van der Waals surface area (Å²) in [4.78, 5) is 12.8. The Balaban J connectivity index is 1.81. The molecule has 0 fully saturated rings. The Labute approximate surface area is 122 Å². The minimum absolute atomic E-state index is 0.0184. The van der Waals surface area contributed by atoms with Crippen molar-refractivity contribution in [2.75, 3.05) is 13.2 Å². The van der Waals surface area contributed by atoms with Crippen molar-refractivity contribution in [1.82, 2.24) is 5.32 Å². The Morgan fingerprint density at radius 1 is 1.15 bits per heavy atom. The molecule has 0 atom stereocenters. The van der Waals surface area contributed by atoms with E-state index in [1.165, 1.54) is 0 Å². The molecule has 0 radical (unpaired) electrons. The second-order valence-electron chi connectivity index (χ2n) is 4.02. The summed E-state index contributed by atoms with van der Waals surface area (Å²) < 4.78 is 10.9. The molecular formula is C15H17NO3S. The molecule has 1 aromatic carbocycles. The van der Waals surface area contributed by atoms with Gasteiger partial charge in [-0.3, -0.25) is 4.79 Å². The van der Waals surface area contributed by atoms with Crippen LogP contribution in [0, 0.1) is 0 Å². The van der Waals surface area contributed by atoms with Crippen LogP contribution in [0.25, 0.3) is 0 Å². The van der Waals surface area contributed by atoms with Crippen molar-refractivity contribution in [3.05, 3.63) is 46.7 Å². The number of thiophene rings is 1. The van der Waals surface area contributed by atoms with Crippen LogP contribution in [0.5, 0.6) is 11.5 Å². The van der Waals surface area contributed by atoms with Crippen LogP contribution in [-0.4, -0.2) is 19.1 Å². The summed E-state index contributed by atoms with van der Waals surface area (Å²) >= 11 is 1.61. The normalized spacial score (nSPS) is 10.1. The molecule has 1 aromatic heterocycles. The quantitative estimate of drug-likeness (QED) is 0.853. The van der Waals surface area contributed by atoms with Crippen LogP contribution in [0.2, 0.25) is 0 Å². The summed E-state index contributed by atoms with van der Waals surface area (Å²) in [6, 6.07) is 11.3. The zero-order valence-electron chi connectivity index (χ0n) is 11.3. The number of rotatable bonds is 7. The summed E-state index contributed by atoms with van der Waals surface area (Å²) in [6.45, 7) is 2.98. The number of ether oxygens (including phenoxy) is 2. The van der Waals surface area contributed by atoms with Gasteiger partial charge in [-0.1, -0.05) is 18.2 Å². The summed E-state index contributed by atoms with van der Waals surface area (Å²) in [7, 11) is 0. The average Bonchev–Trinajstić information content (AvgIpc) is 2.98. The first-order valence-corrected chi connectivity index (χ1v) is 7.31. The zero-order valence-corrected chi connectivity index (χ0v) is 12.1. The standard InChI is InChI=1S/C15H17NO3S/c1-2-18-13-7-3-4-8-14(13)19-11-15(17)16-10-12-6-5-9-20-12/h3-9H,2,10-11H2,1H3,(H,16,17). The molecule has 0 aliphatic carbocycles. The number of benzene rings is 1. The Hall–Kier alpha value is -2.01. The van der Waals surface area contributed by atoms with Crippen molar-refractivity contribution in [1.29, 1.82) is 0 Å². The molecule has 5 heteroatoms. The first kappa shape index (κ1) is 14.4. The van der Waals surface area contributed by atoms with Crippen molar-refractivity contribution in [2.24, 2.45) is 0 Å². The van der Waals surface area contributed by atoms with E-state index in [9.17, 15) is 4.79 Å². The molecule has 1 amide bonds. The minimum atomic E-state index is -0.148. The van der Waals surface area contributed by atoms with Gasteiger partial charge in [0.1, 0.15) is 0 Å². The Kier molecular flexibility index (Phi) is 5.43. The third-order valence-electron chi connectivity index (χ3n) is 2.55. The van der Waals surface area contributed by atoms with Crippen LogP contribution in [0.1, 0.15) is 11.8 Å². The van der Waals surface area contributed by atoms with Gasteiger partial charge in [0.05, 0.1) is 13.2 Å². The number of carbonyl (C=O) groups is 1. The molecule has 2 rings (SSSR count). The Morgan fingerprint density at radius 2 is 1.90 bits per heavy atom. The van der Waals surface area contributed by atoms with Crippen molar-refractivity contribution >= 4 is 17.2 Å². The molecule has 0 aliphatic heterocycles. The molecule has 2 aromatic rings. The predicted octanol–water partition coefficient (Wildman–Crippen LogP) is 2.84. The Bertz CT molecular complexity index is 540. The van der Waals surface area contributed by atoms with Gasteiger partial charge < -0.3 is 14.8 Å². The number of amides is 1. The highest BCUT2D eigenvalue weighted by molar-refractivity contribution is 7.09. The van der Waals surface area contributed by atoms with Crippen molar-refractivity contribution in [3.8, 4) is 11.5 Å². The summed E-state index contributed by atoms with van der Waals surface area (Å²) in [5, 5.41) is 4.79. The second kappa shape index (κ2) is 7.55.